The lowest BCUT2D eigenvalue weighted by Crippen LogP contribution is -2.48. The molecule has 4 rings (SSSR count). The summed E-state index contributed by atoms with van der Waals surface area (Å²) in [6.07, 6.45) is 5.85. The van der Waals surface area contributed by atoms with Crippen LogP contribution in [-0.4, -0.2) is 51.9 Å². The van der Waals surface area contributed by atoms with Crippen LogP contribution in [0.15, 0.2) is 4.79 Å². The predicted octanol–water partition coefficient (Wildman–Crippen LogP) is 3.97. The van der Waals surface area contributed by atoms with Gasteiger partial charge in [-0.25, -0.2) is 4.98 Å². The number of nitrogens with one attached hydrogen (secondary N) is 1. The summed E-state index contributed by atoms with van der Waals surface area (Å²) < 4.78 is 0. The number of aromatic nitrogens is 2. The molecule has 0 aromatic carbocycles. The van der Waals surface area contributed by atoms with Crippen molar-refractivity contribution in [2.75, 3.05) is 26.2 Å². The third kappa shape index (κ3) is 4.87. The van der Waals surface area contributed by atoms with Crippen molar-refractivity contribution >= 4 is 27.5 Å². The minimum absolute atomic E-state index is 0.0140. The van der Waals surface area contributed by atoms with E-state index < -0.39 is 0 Å². The van der Waals surface area contributed by atoms with Gasteiger partial charge in [-0.15, -0.1) is 11.3 Å². The Balaban J connectivity index is 1.45. The molecule has 2 aromatic rings. The summed E-state index contributed by atoms with van der Waals surface area (Å²) in [5, 5.41) is 0.822. The molecule has 1 fully saturated rings. The summed E-state index contributed by atoms with van der Waals surface area (Å²) in [5.74, 6) is 1.67. The molecule has 6 nitrogen and oxygen atoms in total. The lowest BCUT2D eigenvalue weighted by Gasteiger charge is -2.34. The van der Waals surface area contributed by atoms with E-state index in [4.69, 9.17) is 4.98 Å². The van der Waals surface area contributed by atoms with Crippen LogP contribution in [0.4, 0.5) is 0 Å². The molecule has 7 heteroatoms. The molecule has 1 aliphatic heterocycles. The van der Waals surface area contributed by atoms with E-state index in [0.717, 1.165) is 74.3 Å². The molecular weight excluding hydrogens is 408 g/mol. The average Bonchev–Trinajstić information content (AvgIpc) is 3.10. The number of rotatable bonds is 5. The van der Waals surface area contributed by atoms with E-state index in [1.54, 1.807) is 11.3 Å². The van der Waals surface area contributed by atoms with Gasteiger partial charge in [-0.05, 0) is 42.6 Å². The zero-order valence-electron chi connectivity index (χ0n) is 19.4. The molecule has 0 spiro atoms. The van der Waals surface area contributed by atoms with Gasteiger partial charge in [0.2, 0.25) is 5.91 Å². The third-order valence-corrected chi connectivity index (χ3v) is 8.18. The van der Waals surface area contributed by atoms with E-state index in [2.05, 4.69) is 37.6 Å². The molecule has 1 aliphatic carbocycles. The van der Waals surface area contributed by atoms with Crippen LogP contribution < -0.4 is 5.56 Å². The van der Waals surface area contributed by atoms with Crippen molar-refractivity contribution in [1.29, 1.82) is 0 Å². The van der Waals surface area contributed by atoms with Gasteiger partial charge < -0.3 is 9.88 Å². The van der Waals surface area contributed by atoms with E-state index in [1.807, 2.05) is 4.90 Å². The number of piperazine rings is 1. The molecule has 0 radical (unpaired) electrons. The van der Waals surface area contributed by atoms with Crippen LogP contribution in [0.3, 0.4) is 0 Å². The van der Waals surface area contributed by atoms with Gasteiger partial charge in [-0.3, -0.25) is 14.5 Å². The molecule has 0 unspecified atom stereocenters. The van der Waals surface area contributed by atoms with E-state index in [0.29, 0.717) is 24.3 Å². The first-order valence-corrected chi connectivity index (χ1v) is 12.6. The average molecular weight is 445 g/mol. The molecule has 1 N–H and O–H groups in total. The molecule has 3 heterocycles. The second kappa shape index (κ2) is 9.02. The molecular formula is C24H36N4O2S. The van der Waals surface area contributed by atoms with Crippen LogP contribution in [0.5, 0.6) is 0 Å². The highest BCUT2D eigenvalue weighted by molar-refractivity contribution is 7.18. The molecule has 0 saturated carbocycles. The summed E-state index contributed by atoms with van der Waals surface area (Å²) >= 11 is 1.72. The fraction of sp³-hybridized carbons (Fsp3) is 0.708. The second-order valence-corrected chi connectivity index (χ2v) is 11.3. The van der Waals surface area contributed by atoms with E-state index in [-0.39, 0.29) is 11.5 Å². The molecule has 0 bridgehead atoms. The third-order valence-electron chi connectivity index (χ3n) is 7.04. The molecule has 1 atom stereocenters. The van der Waals surface area contributed by atoms with Crippen molar-refractivity contribution < 1.29 is 4.79 Å². The van der Waals surface area contributed by atoms with Crippen LogP contribution in [0, 0.1) is 11.3 Å². The monoisotopic (exact) mass is 444 g/mol. The van der Waals surface area contributed by atoms with Crippen molar-refractivity contribution in [3.8, 4) is 0 Å². The Labute approximate surface area is 189 Å². The highest BCUT2D eigenvalue weighted by atomic mass is 32.1. The highest BCUT2D eigenvalue weighted by Gasteiger charge is 2.31. The van der Waals surface area contributed by atoms with Gasteiger partial charge in [0.1, 0.15) is 10.7 Å². The summed E-state index contributed by atoms with van der Waals surface area (Å²) in [5.41, 5.74) is 1.54. The second-order valence-electron chi connectivity index (χ2n) is 10.3. The van der Waals surface area contributed by atoms with Crippen molar-refractivity contribution in [2.45, 2.75) is 72.8 Å². The standard InChI is InChI=1S/C24H36N4O2S/c1-5-6-7-20(29)28-12-10-27(11-13-28)15-19-25-22(30)21-17-9-8-16(24(2,3)4)14-18(17)31-23(21)26-19/h16H,5-15H2,1-4H3,(H,25,26,30)/t16-/m0/s1. The topological polar surface area (TPSA) is 69.3 Å². The zero-order chi connectivity index (χ0) is 22.2. The van der Waals surface area contributed by atoms with Crippen molar-refractivity contribution in [3.63, 3.8) is 0 Å². The van der Waals surface area contributed by atoms with Crippen molar-refractivity contribution in [1.82, 2.24) is 19.8 Å². The largest absolute Gasteiger partial charge is 0.340 e. The fourth-order valence-electron chi connectivity index (χ4n) is 4.90. The van der Waals surface area contributed by atoms with E-state index in [1.165, 1.54) is 10.4 Å². The number of H-pyrrole nitrogens is 1. The Bertz CT molecular complexity index is 995. The zero-order valence-corrected chi connectivity index (χ0v) is 20.2. The molecule has 1 amide bonds. The van der Waals surface area contributed by atoms with Crippen LogP contribution in [-0.2, 0) is 24.2 Å². The van der Waals surface area contributed by atoms with Gasteiger partial charge in [-0.1, -0.05) is 34.1 Å². The number of unbranched alkanes of at least 4 members (excludes halogenated alkanes) is 1. The summed E-state index contributed by atoms with van der Waals surface area (Å²) in [6, 6.07) is 0. The Morgan fingerprint density at radius 2 is 1.97 bits per heavy atom. The Kier molecular flexibility index (Phi) is 6.54. The number of hydrogen-bond donors (Lipinski definition) is 1. The number of thiophene rings is 1. The number of nitrogens with zero attached hydrogens (tertiary/aromatic N) is 3. The van der Waals surface area contributed by atoms with Crippen molar-refractivity contribution in [2.24, 2.45) is 11.3 Å². The molecule has 1 saturated heterocycles. The highest BCUT2D eigenvalue weighted by Crippen LogP contribution is 2.41. The molecule has 31 heavy (non-hydrogen) atoms. The molecule has 170 valence electrons. The minimum atomic E-state index is 0.0140. The normalized spacial score (nSPS) is 20.3. The quantitative estimate of drug-likeness (QED) is 0.758. The summed E-state index contributed by atoms with van der Waals surface area (Å²) in [4.78, 5) is 39.6. The number of aryl methyl sites for hydroxylation is 1. The summed E-state index contributed by atoms with van der Waals surface area (Å²) in [6.45, 7) is 12.9. The van der Waals surface area contributed by atoms with E-state index in [9.17, 15) is 9.59 Å². The van der Waals surface area contributed by atoms with E-state index >= 15 is 0 Å². The number of carbonyl (C=O) groups excluding carboxylic acids is 1. The van der Waals surface area contributed by atoms with Gasteiger partial charge in [0.25, 0.3) is 5.56 Å². The SMILES string of the molecule is CCCCC(=O)N1CCN(Cc2nc3sc4c(c3c(=O)[nH]2)CC[C@H](C(C)(C)C)C4)CC1. The summed E-state index contributed by atoms with van der Waals surface area (Å²) in [7, 11) is 0. The minimum Gasteiger partial charge on any atom is -0.340 e. The van der Waals surface area contributed by atoms with Crippen LogP contribution in [0.25, 0.3) is 10.2 Å². The van der Waals surface area contributed by atoms with Crippen LogP contribution >= 0.6 is 11.3 Å². The molecule has 2 aromatic heterocycles. The van der Waals surface area contributed by atoms with Gasteiger partial charge in [-0.2, -0.15) is 0 Å². The van der Waals surface area contributed by atoms with Gasteiger partial charge in [0.05, 0.1) is 11.9 Å². The Morgan fingerprint density at radius 3 is 2.65 bits per heavy atom. The first-order chi connectivity index (χ1) is 14.8. The van der Waals surface area contributed by atoms with Gasteiger partial charge >= 0.3 is 0 Å². The maximum Gasteiger partial charge on any atom is 0.259 e. The Hall–Kier alpha value is -1.73. The lowest BCUT2D eigenvalue weighted by molar-refractivity contribution is -0.133. The Morgan fingerprint density at radius 1 is 1.23 bits per heavy atom. The first-order valence-electron chi connectivity index (χ1n) is 11.8. The maximum absolute atomic E-state index is 12.9. The number of carbonyl (C=O) groups is 1. The molecule has 2 aliphatic rings. The van der Waals surface area contributed by atoms with Crippen LogP contribution in [0.2, 0.25) is 0 Å². The van der Waals surface area contributed by atoms with Crippen LogP contribution in [0.1, 0.15) is 69.6 Å². The van der Waals surface area contributed by atoms with Gasteiger partial charge in [0.15, 0.2) is 0 Å². The number of aromatic amines is 1. The predicted molar refractivity (Wildman–Crippen MR) is 127 cm³/mol. The fourth-order valence-corrected chi connectivity index (χ4v) is 6.21. The van der Waals surface area contributed by atoms with Crippen molar-refractivity contribution in [3.05, 3.63) is 26.6 Å². The number of hydrogen-bond acceptors (Lipinski definition) is 5. The lowest BCUT2D eigenvalue weighted by atomic mass is 9.72. The number of amides is 1. The smallest absolute Gasteiger partial charge is 0.259 e. The first kappa shape index (κ1) is 22.5. The number of fused-ring (bicyclic) bond motifs is 3. The van der Waals surface area contributed by atoms with Gasteiger partial charge in [0, 0.05) is 37.5 Å². The maximum atomic E-state index is 12.9.